The number of nitrogens with zero attached hydrogens (tertiary/aromatic N) is 3. The Morgan fingerprint density at radius 2 is 2.04 bits per heavy atom. The number of hydrogen-bond donors (Lipinski definition) is 1. The van der Waals surface area contributed by atoms with Crippen LogP contribution in [0.4, 0.5) is 5.82 Å². The molecule has 2 aliphatic rings. The molecule has 0 bridgehead atoms. The number of anilines is 1. The van der Waals surface area contributed by atoms with Gasteiger partial charge in [0.15, 0.2) is 0 Å². The largest absolute Gasteiger partial charge is 0.363 e. The highest BCUT2D eigenvalue weighted by Gasteiger charge is 2.43. The van der Waals surface area contributed by atoms with E-state index < -0.39 is 0 Å². The first-order chi connectivity index (χ1) is 12.1. The van der Waals surface area contributed by atoms with Crippen molar-refractivity contribution in [2.45, 2.75) is 44.6 Å². The lowest BCUT2D eigenvalue weighted by molar-refractivity contribution is 0.0786. The smallest absolute Gasteiger partial charge is 0.274 e. The number of amides is 1. The Kier molecular flexibility index (Phi) is 4.15. The second-order valence-corrected chi connectivity index (χ2v) is 7.36. The minimum Gasteiger partial charge on any atom is -0.363 e. The highest BCUT2D eigenvalue weighted by Crippen LogP contribution is 2.41. The molecule has 5 heteroatoms. The third-order valence-electron chi connectivity index (χ3n) is 5.12. The number of likely N-dealkylation sites (tertiary alicyclic amines) is 1. The summed E-state index contributed by atoms with van der Waals surface area (Å²) < 4.78 is 0. The van der Waals surface area contributed by atoms with Crippen LogP contribution in [0.15, 0.2) is 36.7 Å². The topological polar surface area (TPSA) is 58.1 Å². The Morgan fingerprint density at radius 3 is 2.76 bits per heavy atom. The fraction of sp³-hybridized carbons (Fsp3) is 0.450. The third kappa shape index (κ3) is 3.65. The molecule has 1 aromatic heterocycles. The van der Waals surface area contributed by atoms with Crippen molar-refractivity contribution in [2.75, 3.05) is 18.4 Å². The molecular formula is C20H24N4O. The average Bonchev–Trinajstić information content (AvgIpc) is 3.13. The average molecular weight is 336 g/mol. The van der Waals surface area contributed by atoms with Gasteiger partial charge in [0.25, 0.3) is 5.91 Å². The van der Waals surface area contributed by atoms with E-state index in [-0.39, 0.29) is 11.4 Å². The molecule has 0 unspecified atom stereocenters. The molecule has 25 heavy (non-hydrogen) atoms. The molecule has 0 spiro atoms. The van der Waals surface area contributed by atoms with Crippen LogP contribution >= 0.6 is 0 Å². The molecule has 2 fully saturated rings. The van der Waals surface area contributed by atoms with Crippen molar-refractivity contribution in [3.8, 4) is 0 Å². The first-order valence-corrected chi connectivity index (χ1v) is 9.09. The van der Waals surface area contributed by atoms with Crippen molar-refractivity contribution in [3.63, 3.8) is 0 Å². The monoisotopic (exact) mass is 336 g/mol. The summed E-state index contributed by atoms with van der Waals surface area (Å²) in [5, 5.41) is 3.54. The van der Waals surface area contributed by atoms with Crippen LogP contribution in [-0.4, -0.2) is 39.4 Å². The van der Waals surface area contributed by atoms with Crippen LogP contribution in [0.25, 0.3) is 0 Å². The van der Waals surface area contributed by atoms with Gasteiger partial charge in [0.2, 0.25) is 0 Å². The molecule has 1 amide bonds. The molecule has 1 N–H and O–H groups in total. The predicted molar refractivity (Wildman–Crippen MR) is 97.6 cm³/mol. The number of benzene rings is 1. The van der Waals surface area contributed by atoms with E-state index in [2.05, 4.69) is 46.5 Å². The lowest BCUT2D eigenvalue weighted by atomic mass is 10.0. The van der Waals surface area contributed by atoms with Gasteiger partial charge in [-0.15, -0.1) is 0 Å². The maximum Gasteiger partial charge on any atom is 0.274 e. The molecule has 1 aromatic carbocycles. The molecule has 1 aliphatic heterocycles. The van der Waals surface area contributed by atoms with Gasteiger partial charge in [-0.1, -0.05) is 29.8 Å². The van der Waals surface area contributed by atoms with Crippen LogP contribution in [0.2, 0.25) is 0 Å². The summed E-state index contributed by atoms with van der Waals surface area (Å²) in [7, 11) is 0. The Morgan fingerprint density at radius 1 is 1.24 bits per heavy atom. The Labute approximate surface area is 148 Å². The summed E-state index contributed by atoms with van der Waals surface area (Å²) in [6.45, 7) is 3.78. The van der Waals surface area contributed by atoms with Crippen LogP contribution < -0.4 is 5.32 Å². The minimum atomic E-state index is -0.00261. The number of aromatic nitrogens is 2. The van der Waals surface area contributed by atoms with Gasteiger partial charge in [0.05, 0.1) is 12.4 Å². The molecule has 4 rings (SSSR count). The quantitative estimate of drug-likeness (QED) is 0.911. The van der Waals surface area contributed by atoms with E-state index >= 15 is 0 Å². The summed E-state index contributed by atoms with van der Waals surface area (Å²) in [6.07, 6.45) is 8.66. The van der Waals surface area contributed by atoms with Crippen molar-refractivity contribution in [2.24, 2.45) is 0 Å². The zero-order chi connectivity index (χ0) is 17.3. The first kappa shape index (κ1) is 16.1. The van der Waals surface area contributed by atoms with E-state index in [9.17, 15) is 4.79 Å². The Hall–Kier alpha value is -2.43. The molecule has 130 valence electrons. The van der Waals surface area contributed by atoms with Crippen LogP contribution in [0.1, 0.15) is 47.3 Å². The van der Waals surface area contributed by atoms with E-state index in [4.69, 9.17) is 0 Å². The van der Waals surface area contributed by atoms with Crippen LogP contribution in [0.5, 0.6) is 0 Å². The Balaban J connectivity index is 1.47. The summed E-state index contributed by atoms with van der Waals surface area (Å²) in [5.41, 5.74) is 3.12. The van der Waals surface area contributed by atoms with Crippen LogP contribution in [0, 0.1) is 6.92 Å². The molecule has 5 nitrogen and oxygen atoms in total. The zero-order valence-electron chi connectivity index (χ0n) is 14.7. The van der Waals surface area contributed by atoms with E-state index in [1.165, 1.54) is 11.1 Å². The second-order valence-electron chi connectivity index (χ2n) is 7.36. The maximum atomic E-state index is 12.5. The lowest BCUT2D eigenvalue weighted by Crippen LogP contribution is -2.29. The number of carbonyl (C=O) groups excluding carboxylic acids is 1. The summed E-state index contributed by atoms with van der Waals surface area (Å²) >= 11 is 0. The normalized spacial score (nSPS) is 18.2. The minimum absolute atomic E-state index is 0.00261. The number of aryl methyl sites for hydroxylation is 1. The van der Waals surface area contributed by atoms with E-state index in [0.29, 0.717) is 11.5 Å². The fourth-order valence-corrected chi connectivity index (χ4v) is 3.59. The van der Waals surface area contributed by atoms with Gasteiger partial charge >= 0.3 is 0 Å². The molecule has 0 atom stereocenters. The van der Waals surface area contributed by atoms with E-state index in [1.807, 2.05) is 4.90 Å². The predicted octanol–water partition coefficient (Wildman–Crippen LogP) is 3.21. The van der Waals surface area contributed by atoms with Gasteiger partial charge < -0.3 is 10.2 Å². The third-order valence-corrected chi connectivity index (χ3v) is 5.12. The highest BCUT2D eigenvalue weighted by molar-refractivity contribution is 5.92. The zero-order valence-corrected chi connectivity index (χ0v) is 14.7. The van der Waals surface area contributed by atoms with Gasteiger partial charge in [-0.25, -0.2) is 4.98 Å². The van der Waals surface area contributed by atoms with Crippen LogP contribution in [0.3, 0.4) is 0 Å². The number of carbonyl (C=O) groups is 1. The standard InChI is InChI=1S/C20H24N4O/c1-15-5-4-6-16(11-15)12-20(7-8-20)23-18-14-21-13-17(22-18)19(25)24-9-2-3-10-24/h4-6,11,13-14H,2-3,7-10,12H2,1H3,(H,22,23). The molecule has 1 saturated carbocycles. The molecule has 2 aromatic rings. The number of rotatable bonds is 5. The van der Waals surface area contributed by atoms with E-state index in [1.54, 1.807) is 12.4 Å². The van der Waals surface area contributed by atoms with Gasteiger partial charge in [-0.05, 0) is 44.6 Å². The maximum absolute atomic E-state index is 12.5. The summed E-state index contributed by atoms with van der Waals surface area (Å²) in [4.78, 5) is 23.1. The molecule has 2 heterocycles. The van der Waals surface area contributed by atoms with Crippen molar-refractivity contribution in [3.05, 3.63) is 53.5 Å². The lowest BCUT2D eigenvalue weighted by Gasteiger charge is -2.19. The van der Waals surface area contributed by atoms with Crippen LogP contribution in [-0.2, 0) is 6.42 Å². The SMILES string of the molecule is Cc1cccc(CC2(Nc3cncc(C(=O)N4CCCC4)n3)CC2)c1. The summed E-state index contributed by atoms with van der Waals surface area (Å²) in [6, 6.07) is 8.64. The number of nitrogens with one attached hydrogen (secondary N) is 1. The second kappa shape index (κ2) is 6.47. The molecule has 1 aliphatic carbocycles. The van der Waals surface area contributed by atoms with Gasteiger partial charge in [-0.2, -0.15) is 0 Å². The van der Waals surface area contributed by atoms with Crippen molar-refractivity contribution in [1.29, 1.82) is 0 Å². The van der Waals surface area contributed by atoms with Gasteiger partial charge in [0.1, 0.15) is 11.5 Å². The fourth-order valence-electron chi connectivity index (χ4n) is 3.59. The van der Waals surface area contributed by atoms with E-state index in [0.717, 1.165) is 45.2 Å². The van der Waals surface area contributed by atoms with Crippen molar-refractivity contribution in [1.82, 2.24) is 14.9 Å². The van der Waals surface area contributed by atoms with Gasteiger partial charge in [0, 0.05) is 18.6 Å². The molecular weight excluding hydrogens is 312 g/mol. The first-order valence-electron chi connectivity index (χ1n) is 9.09. The van der Waals surface area contributed by atoms with Crippen molar-refractivity contribution < 1.29 is 4.79 Å². The molecule has 1 saturated heterocycles. The molecule has 0 radical (unpaired) electrons. The van der Waals surface area contributed by atoms with Crippen molar-refractivity contribution >= 4 is 11.7 Å². The Bertz CT molecular complexity index is 779. The van der Waals surface area contributed by atoms with Gasteiger partial charge in [-0.3, -0.25) is 9.78 Å². The number of hydrogen-bond acceptors (Lipinski definition) is 4. The summed E-state index contributed by atoms with van der Waals surface area (Å²) in [5.74, 6) is 0.701. The highest BCUT2D eigenvalue weighted by atomic mass is 16.2.